The second-order valence-corrected chi connectivity index (χ2v) is 6.47. The molecule has 26 heavy (non-hydrogen) atoms. The van der Waals surface area contributed by atoms with Gasteiger partial charge in [-0.3, -0.25) is 9.59 Å². The lowest BCUT2D eigenvalue weighted by molar-refractivity contribution is -0.116. The number of esters is 1. The van der Waals surface area contributed by atoms with Crippen molar-refractivity contribution in [1.82, 2.24) is 5.32 Å². The summed E-state index contributed by atoms with van der Waals surface area (Å²) in [7, 11) is 1.29. The summed E-state index contributed by atoms with van der Waals surface area (Å²) >= 11 is 3.31. The average molecular weight is 419 g/mol. The van der Waals surface area contributed by atoms with Gasteiger partial charge in [0.25, 0.3) is 5.91 Å². The molecule has 0 fully saturated rings. The first-order valence-electron chi connectivity index (χ1n) is 7.94. The van der Waals surface area contributed by atoms with Crippen molar-refractivity contribution in [3.63, 3.8) is 0 Å². The van der Waals surface area contributed by atoms with Crippen LogP contribution in [0.4, 0.5) is 5.69 Å². The molecule has 2 aromatic rings. The predicted molar refractivity (Wildman–Crippen MR) is 102 cm³/mol. The van der Waals surface area contributed by atoms with E-state index in [0.29, 0.717) is 16.8 Å². The van der Waals surface area contributed by atoms with Gasteiger partial charge in [0, 0.05) is 23.0 Å². The highest BCUT2D eigenvalue weighted by molar-refractivity contribution is 9.10. The van der Waals surface area contributed by atoms with Gasteiger partial charge in [0.15, 0.2) is 0 Å². The summed E-state index contributed by atoms with van der Waals surface area (Å²) in [6, 6.07) is 12.0. The summed E-state index contributed by atoms with van der Waals surface area (Å²) in [5.41, 5.74) is 1.98. The van der Waals surface area contributed by atoms with Crippen molar-refractivity contribution < 1.29 is 19.1 Å². The molecule has 2 rings (SSSR count). The molecule has 0 heterocycles. The Hall–Kier alpha value is -2.67. The molecular weight excluding hydrogens is 400 g/mol. The number of carbonyl (C=O) groups is 3. The van der Waals surface area contributed by atoms with Gasteiger partial charge in [-0.1, -0.05) is 28.1 Å². The highest BCUT2D eigenvalue weighted by Gasteiger charge is 2.16. The molecule has 0 saturated carbocycles. The van der Waals surface area contributed by atoms with Gasteiger partial charge in [-0.2, -0.15) is 0 Å². The number of aryl methyl sites for hydroxylation is 1. The molecule has 136 valence electrons. The van der Waals surface area contributed by atoms with E-state index >= 15 is 0 Å². The lowest BCUT2D eigenvalue weighted by atomic mass is 10.1. The first-order valence-corrected chi connectivity index (χ1v) is 8.73. The quantitative estimate of drug-likeness (QED) is 0.704. The highest BCUT2D eigenvalue weighted by Crippen LogP contribution is 2.21. The molecule has 7 heteroatoms. The van der Waals surface area contributed by atoms with Gasteiger partial charge in [0.05, 0.1) is 18.4 Å². The Balaban J connectivity index is 1.92. The minimum Gasteiger partial charge on any atom is -0.465 e. The number of halogens is 1. The van der Waals surface area contributed by atoms with E-state index in [4.69, 9.17) is 4.74 Å². The van der Waals surface area contributed by atoms with Gasteiger partial charge in [-0.25, -0.2) is 4.79 Å². The molecular formula is C19H19BrN2O4. The number of methoxy groups -OCH3 is 1. The first kappa shape index (κ1) is 19.7. The number of hydrogen-bond donors (Lipinski definition) is 2. The number of ether oxygens (including phenoxy) is 1. The molecule has 2 amide bonds. The first-order chi connectivity index (χ1) is 12.4. The largest absolute Gasteiger partial charge is 0.465 e. The van der Waals surface area contributed by atoms with Gasteiger partial charge in [-0.15, -0.1) is 0 Å². The monoisotopic (exact) mass is 418 g/mol. The maximum absolute atomic E-state index is 12.2. The molecule has 0 saturated heterocycles. The molecule has 0 aromatic heterocycles. The predicted octanol–water partition coefficient (Wildman–Crippen LogP) is 3.30. The van der Waals surface area contributed by atoms with Gasteiger partial charge in [0.2, 0.25) is 5.91 Å². The molecule has 0 aliphatic rings. The Morgan fingerprint density at radius 1 is 1.08 bits per heavy atom. The van der Waals surface area contributed by atoms with Crippen LogP contribution in [0.5, 0.6) is 0 Å². The number of para-hydroxylation sites is 1. The Bertz CT molecular complexity index is 819. The minimum atomic E-state index is -0.521. The highest BCUT2D eigenvalue weighted by atomic mass is 79.9. The molecule has 0 aliphatic carbocycles. The Morgan fingerprint density at radius 3 is 2.42 bits per heavy atom. The van der Waals surface area contributed by atoms with Crippen molar-refractivity contribution in [3.8, 4) is 0 Å². The van der Waals surface area contributed by atoms with Crippen LogP contribution in [-0.2, 0) is 9.53 Å². The van der Waals surface area contributed by atoms with E-state index in [1.807, 2.05) is 0 Å². The van der Waals surface area contributed by atoms with E-state index in [9.17, 15) is 14.4 Å². The van der Waals surface area contributed by atoms with E-state index in [0.717, 1.165) is 10.0 Å². The summed E-state index contributed by atoms with van der Waals surface area (Å²) in [6.07, 6.45) is 0.0806. The van der Waals surface area contributed by atoms with E-state index in [2.05, 4.69) is 26.6 Å². The fourth-order valence-corrected chi connectivity index (χ4v) is 2.57. The van der Waals surface area contributed by atoms with Gasteiger partial charge >= 0.3 is 5.97 Å². The molecule has 0 atom stereocenters. The smallest absolute Gasteiger partial charge is 0.339 e. The Kier molecular flexibility index (Phi) is 6.91. The van der Waals surface area contributed by atoms with Crippen LogP contribution in [0.2, 0.25) is 0 Å². The number of carbonyl (C=O) groups excluding carboxylic acids is 3. The summed E-state index contributed by atoms with van der Waals surface area (Å²) in [6.45, 7) is 1.97. The van der Waals surface area contributed by atoms with E-state index in [-0.39, 0.29) is 24.8 Å². The van der Waals surface area contributed by atoms with Crippen molar-refractivity contribution in [3.05, 3.63) is 63.6 Å². The van der Waals surface area contributed by atoms with Gasteiger partial charge in [0.1, 0.15) is 0 Å². The summed E-state index contributed by atoms with van der Waals surface area (Å²) < 4.78 is 5.62. The molecule has 0 radical (unpaired) electrons. The van der Waals surface area contributed by atoms with Crippen LogP contribution in [0.3, 0.4) is 0 Å². The van der Waals surface area contributed by atoms with Gasteiger partial charge < -0.3 is 15.4 Å². The molecule has 2 N–H and O–H groups in total. The summed E-state index contributed by atoms with van der Waals surface area (Å²) in [4.78, 5) is 36.0. The molecule has 0 aliphatic heterocycles. The standard InChI is InChI=1S/C19H19BrN2O4/c1-12-4-3-5-15(19(25)26-2)17(12)22-16(23)10-11-21-18(24)13-6-8-14(20)9-7-13/h3-9H,10-11H2,1-2H3,(H,21,24)(H,22,23). The van der Waals surface area contributed by atoms with Crippen molar-refractivity contribution in [2.45, 2.75) is 13.3 Å². The van der Waals surface area contributed by atoms with Crippen molar-refractivity contribution in [2.75, 3.05) is 19.0 Å². The zero-order valence-electron chi connectivity index (χ0n) is 14.5. The molecule has 0 bridgehead atoms. The zero-order chi connectivity index (χ0) is 19.1. The third-order valence-electron chi connectivity index (χ3n) is 3.69. The maximum atomic E-state index is 12.2. The van der Waals surface area contributed by atoms with E-state index < -0.39 is 5.97 Å². The zero-order valence-corrected chi connectivity index (χ0v) is 16.1. The number of anilines is 1. The van der Waals surface area contributed by atoms with Crippen LogP contribution in [0.25, 0.3) is 0 Å². The Labute approximate surface area is 160 Å². The third-order valence-corrected chi connectivity index (χ3v) is 4.22. The normalized spacial score (nSPS) is 10.1. The number of hydrogen-bond acceptors (Lipinski definition) is 4. The molecule has 0 unspecified atom stereocenters. The number of benzene rings is 2. The van der Waals surface area contributed by atoms with Crippen molar-refractivity contribution in [2.24, 2.45) is 0 Å². The molecule has 6 nitrogen and oxygen atoms in total. The van der Waals surface area contributed by atoms with E-state index in [1.165, 1.54) is 7.11 Å². The summed E-state index contributed by atoms with van der Waals surface area (Å²) in [5, 5.41) is 5.41. The maximum Gasteiger partial charge on any atom is 0.339 e. The lowest BCUT2D eigenvalue weighted by Crippen LogP contribution is -2.28. The second kappa shape index (κ2) is 9.15. The topological polar surface area (TPSA) is 84.5 Å². The fraction of sp³-hybridized carbons (Fsp3) is 0.211. The molecule has 2 aromatic carbocycles. The van der Waals surface area contributed by atoms with Crippen LogP contribution in [0, 0.1) is 6.92 Å². The number of nitrogens with one attached hydrogen (secondary N) is 2. The van der Waals surface area contributed by atoms with Crippen LogP contribution < -0.4 is 10.6 Å². The average Bonchev–Trinajstić information content (AvgIpc) is 2.63. The SMILES string of the molecule is COC(=O)c1cccc(C)c1NC(=O)CCNC(=O)c1ccc(Br)cc1. The summed E-state index contributed by atoms with van der Waals surface area (Å²) in [5.74, 6) is -1.08. The Morgan fingerprint density at radius 2 is 1.77 bits per heavy atom. The van der Waals surface area contributed by atoms with Crippen molar-refractivity contribution >= 4 is 39.4 Å². The van der Waals surface area contributed by atoms with Crippen LogP contribution >= 0.6 is 15.9 Å². The van der Waals surface area contributed by atoms with E-state index in [1.54, 1.807) is 49.4 Å². The van der Waals surface area contributed by atoms with Gasteiger partial charge in [-0.05, 0) is 42.8 Å². The minimum absolute atomic E-state index is 0.0806. The third kappa shape index (κ3) is 5.16. The number of amides is 2. The van der Waals surface area contributed by atoms with Crippen LogP contribution in [-0.4, -0.2) is 31.4 Å². The fourth-order valence-electron chi connectivity index (χ4n) is 2.31. The van der Waals surface area contributed by atoms with Crippen LogP contribution in [0.15, 0.2) is 46.9 Å². The number of rotatable bonds is 6. The van der Waals surface area contributed by atoms with Crippen molar-refractivity contribution in [1.29, 1.82) is 0 Å². The lowest BCUT2D eigenvalue weighted by Gasteiger charge is -2.13. The second-order valence-electron chi connectivity index (χ2n) is 5.55. The van der Waals surface area contributed by atoms with Crippen LogP contribution in [0.1, 0.15) is 32.7 Å². The molecule has 0 spiro atoms.